The van der Waals surface area contributed by atoms with Crippen LogP contribution >= 0.6 is 0 Å². The molecule has 60 valence electrons. The minimum atomic E-state index is -0.852. The van der Waals surface area contributed by atoms with Crippen molar-refractivity contribution >= 4 is 0 Å². The van der Waals surface area contributed by atoms with E-state index in [1.807, 2.05) is 32.0 Å². The molecular weight excluding hydrogens is 139 g/mol. The Bertz CT molecular complexity index is 251. The molecule has 0 saturated heterocycles. The summed E-state index contributed by atoms with van der Waals surface area (Å²) in [4.78, 5) is 0. The molecule has 1 heteroatoms. The highest BCUT2D eigenvalue weighted by Gasteiger charge is 2.05. The number of rotatable bonds is 1. The minimum absolute atomic E-state index is 0.810. The second-order valence-corrected chi connectivity index (χ2v) is 2.98. The molecule has 0 nitrogen and oxygen atoms in total. The Labute approximate surface area is 67.1 Å². The molecule has 11 heavy (non-hydrogen) atoms. The van der Waals surface area contributed by atoms with Gasteiger partial charge in [-0.25, -0.2) is 4.39 Å². The van der Waals surface area contributed by atoms with Gasteiger partial charge in [-0.2, -0.15) is 0 Å². The Morgan fingerprint density at radius 2 is 1.91 bits per heavy atom. The fraction of sp³-hybridized carbons (Fsp3) is 0.400. The van der Waals surface area contributed by atoms with E-state index in [4.69, 9.17) is 0 Å². The van der Waals surface area contributed by atoms with E-state index < -0.39 is 6.17 Å². The van der Waals surface area contributed by atoms with Gasteiger partial charge < -0.3 is 0 Å². The van der Waals surface area contributed by atoms with Gasteiger partial charge in [-0.3, -0.25) is 0 Å². The number of hydrogen-bond donors (Lipinski definition) is 0. The van der Waals surface area contributed by atoms with Gasteiger partial charge >= 0.3 is 0 Å². The molecule has 1 aromatic rings. The highest BCUT2D eigenvalue weighted by Crippen LogP contribution is 2.21. The Hall–Kier alpha value is -0.850. The van der Waals surface area contributed by atoms with E-state index in [2.05, 4.69) is 0 Å². The van der Waals surface area contributed by atoms with Crippen LogP contribution in [0.25, 0.3) is 0 Å². The molecule has 0 heterocycles. The van der Waals surface area contributed by atoms with E-state index in [1.165, 1.54) is 0 Å². The summed E-state index contributed by atoms with van der Waals surface area (Å²) in [7, 11) is 0. The highest BCUT2D eigenvalue weighted by molar-refractivity contribution is 5.31. The standard InChI is InChI=1S/C10H13F/c1-7-4-5-8(2)10(6-7)9(3)11/h4-6,9H,1-3H3. The summed E-state index contributed by atoms with van der Waals surface area (Å²) < 4.78 is 12.9. The van der Waals surface area contributed by atoms with Gasteiger partial charge in [0.1, 0.15) is 6.17 Å². The highest BCUT2D eigenvalue weighted by atomic mass is 19.1. The predicted molar refractivity (Wildman–Crippen MR) is 45.4 cm³/mol. The van der Waals surface area contributed by atoms with Crippen molar-refractivity contribution in [2.45, 2.75) is 26.9 Å². The lowest BCUT2D eigenvalue weighted by atomic mass is 10.0. The molecular formula is C10H13F. The third-order valence-electron chi connectivity index (χ3n) is 1.86. The first-order chi connectivity index (χ1) is 5.11. The maximum atomic E-state index is 12.9. The predicted octanol–water partition coefficient (Wildman–Crippen LogP) is 3.33. The molecule has 0 aliphatic carbocycles. The fourth-order valence-corrected chi connectivity index (χ4v) is 1.19. The fourth-order valence-electron chi connectivity index (χ4n) is 1.19. The van der Waals surface area contributed by atoms with E-state index in [9.17, 15) is 4.39 Å². The van der Waals surface area contributed by atoms with Crippen molar-refractivity contribution < 1.29 is 4.39 Å². The third kappa shape index (κ3) is 1.79. The van der Waals surface area contributed by atoms with Crippen LogP contribution in [0.5, 0.6) is 0 Å². The van der Waals surface area contributed by atoms with E-state index in [0.717, 1.165) is 16.7 Å². The Balaban J connectivity index is 3.13. The molecule has 0 aliphatic rings. The number of alkyl halides is 1. The first-order valence-corrected chi connectivity index (χ1v) is 3.82. The van der Waals surface area contributed by atoms with Crippen LogP contribution in [0, 0.1) is 13.8 Å². The lowest BCUT2D eigenvalue weighted by molar-refractivity contribution is 0.372. The van der Waals surface area contributed by atoms with Crippen LogP contribution in [0.1, 0.15) is 29.8 Å². The van der Waals surface area contributed by atoms with Crippen molar-refractivity contribution in [3.8, 4) is 0 Å². The van der Waals surface area contributed by atoms with Crippen LogP contribution < -0.4 is 0 Å². The Morgan fingerprint density at radius 3 is 2.36 bits per heavy atom. The molecule has 0 radical (unpaired) electrons. The van der Waals surface area contributed by atoms with Crippen molar-refractivity contribution in [1.29, 1.82) is 0 Å². The van der Waals surface area contributed by atoms with Crippen molar-refractivity contribution in [2.75, 3.05) is 0 Å². The summed E-state index contributed by atoms with van der Waals surface area (Å²) in [6, 6.07) is 5.86. The first-order valence-electron chi connectivity index (χ1n) is 3.82. The van der Waals surface area contributed by atoms with Crippen molar-refractivity contribution in [3.05, 3.63) is 34.9 Å². The molecule has 0 bridgehead atoms. The van der Waals surface area contributed by atoms with Crippen LogP contribution in [-0.2, 0) is 0 Å². The normalized spacial score (nSPS) is 13.1. The van der Waals surface area contributed by atoms with Gasteiger partial charge in [-0.15, -0.1) is 0 Å². The average molecular weight is 152 g/mol. The smallest absolute Gasteiger partial charge is 0.123 e. The molecule has 0 aliphatic heterocycles. The molecule has 1 aromatic carbocycles. The topological polar surface area (TPSA) is 0 Å². The third-order valence-corrected chi connectivity index (χ3v) is 1.86. The minimum Gasteiger partial charge on any atom is -0.243 e. The van der Waals surface area contributed by atoms with Gasteiger partial charge in [-0.1, -0.05) is 23.8 Å². The maximum Gasteiger partial charge on any atom is 0.123 e. The quantitative estimate of drug-likeness (QED) is 0.579. The molecule has 0 N–H and O–H groups in total. The van der Waals surface area contributed by atoms with Gasteiger partial charge in [0, 0.05) is 0 Å². The molecule has 1 rings (SSSR count). The molecule has 0 fully saturated rings. The van der Waals surface area contributed by atoms with Crippen LogP contribution in [0.2, 0.25) is 0 Å². The summed E-state index contributed by atoms with van der Waals surface area (Å²) in [6.07, 6.45) is -0.852. The molecule has 0 saturated carbocycles. The van der Waals surface area contributed by atoms with Crippen molar-refractivity contribution in [3.63, 3.8) is 0 Å². The van der Waals surface area contributed by atoms with Crippen molar-refractivity contribution in [1.82, 2.24) is 0 Å². The van der Waals surface area contributed by atoms with Gasteiger partial charge in [0.05, 0.1) is 0 Å². The summed E-state index contributed by atoms with van der Waals surface area (Å²) in [6.45, 7) is 5.48. The van der Waals surface area contributed by atoms with Crippen LogP contribution in [0.15, 0.2) is 18.2 Å². The Morgan fingerprint density at radius 1 is 1.27 bits per heavy atom. The molecule has 1 unspecified atom stereocenters. The van der Waals surface area contributed by atoms with Gasteiger partial charge in [-0.05, 0) is 31.9 Å². The van der Waals surface area contributed by atoms with Crippen LogP contribution in [0.3, 0.4) is 0 Å². The average Bonchev–Trinajstić information content (AvgIpc) is 1.94. The SMILES string of the molecule is Cc1ccc(C)c(C(C)F)c1. The summed E-state index contributed by atoms with van der Waals surface area (Å²) in [5, 5.41) is 0. The van der Waals surface area contributed by atoms with Gasteiger partial charge in [0.15, 0.2) is 0 Å². The first kappa shape index (κ1) is 8.25. The number of benzene rings is 1. The van der Waals surface area contributed by atoms with Gasteiger partial charge in [0.2, 0.25) is 0 Å². The van der Waals surface area contributed by atoms with Crippen molar-refractivity contribution in [2.24, 2.45) is 0 Å². The summed E-state index contributed by atoms with van der Waals surface area (Å²) in [5.74, 6) is 0. The number of hydrogen-bond acceptors (Lipinski definition) is 0. The zero-order valence-corrected chi connectivity index (χ0v) is 7.19. The second-order valence-electron chi connectivity index (χ2n) is 2.98. The molecule has 0 spiro atoms. The molecule has 1 atom stereocenters. The van der Waals surface area contributed by atoms with E-state index >= 15 is 0 Å². The van der Waals surface area contributed by atoms with Crippen LogP contribution in [-0.4, -0.2) is 0 Å². The van der Waals surface area contributed by atoms with Gasteiger partial charge in [0.25, 0.3) is 0 Å². The van der Waals surface area contributed by atoms with Crippen LogP contribution in [0.4, 0.5) is 4.39 Å². The monoisotopic (exact) mass is 152 g/mol. The maximum absolute atomic E-state index is 12.9. The lowest BCUT2D eigenvalue weighted by Crippen LogP contribution is -1.90. The summed E-state index contributed by atoms with van der Waals surface area (Å²) >= 11 is 0. The molecule has 0 amide bonds. The second kappa shape index (κ2) is 3.04. The zero-order valence-electron chi connectivity index (χ0n) is 7.19. The lowest BCUT2D eigenvalue weighted by Gasteiger charge is -2.06. The van der Waals surface area contributed by atoms with E-state index in [1.54, 1.807) is 6.92 Å². The largest absolute Gasteiger partial charge is 0.243 e. The van der Waals surface area contributed by atoms with E-state index in [-0.39, 0.29) is 0 Å². The summed E-state index contributed by atoms with van der Waals surface area (Å²) in [5.41, 5.74) is 2.96. The number of aryl methyl sites for hydroxylation is 2. The molecule has 0 aromatic heterocycles. The zero-order chi connectivity index (χ0) is 8.43. The van der Waals surface area contributed by atoms with E-state index in [0.29, 0.717) is 0 Å². The number of halogens is 1. The Kier molecular flexibility index (Phi) is 2.28.